The SMILES string of the molecule is Cc1nnc(N2CCOCC2C)cc1Cl. The largest absolute Gasteiger partial charge is 0.377 e. The molecule has 0 N–H and O–H groups in total. The zero-order valence-corrected chi connectivity index (χ0v) is 9.66. The summed E-state index contributed by atoms with van der Waals surface area (Å²) in [6.45, 7) is 6.26. The van der Waals surface area contributed by atoms with E-state index in [0.717, 1.165) is 31.3 Å². The highest BCUT2D eigenvalue weighted by molar-refractivity contribution is 6.31. The molecular weight excluding hydrogens is 214 g/mol. The molecule has 1 aromatic heterocycles. The second-order valence-corrected chi connectivity index (χ2v) is 4.16. The molecular formula is C10H14ClN3O. The van der Waals surface area contributed by atoms with Crippen molar-refractivity contribution in [2.75, 3.05) is 24.7 Å². The summed E-state index contributed by atoms with van der Waals surface area (Å²) in [6, 6.07) is 2.19. The highest BCUT2D eigenvalue weighted by atomic mass is 35.5. The van der Waals surface area contributed by atoms with Gasteiger partial charge in [0, 0.05) is 12.6 Å². The van der Waals surface area contributed by atoms with E-state index < -0.39 is 0 Å². The molecule has 0 bridgehead atoms. The fourth-order valence-corrected chi connectivity index (χ4v) is 1.76. The van der Waals surface area contributed by atoms with Gasteiger partial charge >= 0.3 is 0 Å². The second-order valence-electron chi connectivity index (χ2n) is 3.75. The van der Waals surface area contributed by atoms with Crippen molar-refractivity contribution in [3.63, 3.8) is 0 Å². The first-order chi connectivity index (χ1) is 7.18. The van der Waals surface area contributed by atoms with Crippen LogP contribution in [-0.4, -0.2) is 36.0 Å². The Kier molecular flexibility index (Phi) is 3.07. The monoisotopic (exact) mass is 227 g/mol. The fraction of sp³-hybridized carbons (Fsp3) is 0.600. The topological polar surface area (TPSA) is 38.2 Å². The van der Waals surface area contributed by atoms with Gasteiger partial charge in [0.15, 0.2) is 5.82 Å². The molecule has 0 amide bonds. The summed E-state index contributed by atoms with van der Waals surface area (Å²) in [4.78, 5) is 2.17. The van der Waals surface area contributed by atoms with Gasteiger partial charge in [0.1, 0.15) is 0 Å². The highest BCUT2D eigenvalue weighted by Crippen LogP contribution is 2.21. The Morgan fingerprint density at radius 1 is 1.53 bits per heavy atom. The quantitative estimate of drug-likeness (QED) is 0.732. The maximum Gasteiger partial charge on any atom is 0.153 e. The number of hydrogen-bond donors (Lipinski definition) is 0. The van der Waals surface area contributed by atoms with Crippen LogP contribution in [-0.2, 0) is 4.74 Å². The molecule has 0 radical (unpaired) electrons. The van der Waals surface area contributed by atoms with Crippen LogP contribution in [0.2, 0.25) is 5.02 Å². The van der Waals surface area contributed by atoms with Gasteiger partial charge in [-0.15, -0.1) is 5.10 Å². The lowest BCUT2D eigenvalue weighted by Crippen LogP contribution is -2.44. The van der Waals surface area contributed by atoms with Crippen LogP contribution in [0.15, 0.2) is 6.07 Å². The van der Waals surface area contributed by atoms with Gasteiger partial charge in [-0.2, -0.15) is 5.10 Å². The van der Waals surface area contributed by atoms with Gasteiger partial charge in [-0.1, -0.05) is 11.6 Å². The molecule has 4 nitrogen and oxygen atoms in total. The Hall–Kier alpha value is -0.870. The third kappa shape index (κ3) is 2.21. The average molecular weight is 228 g/mol. The number of aryl methyl sites for hydroxylation is 1. The first-order valence-corrected chi connectivity index (χ1v) is 5.40. The van der Waals surface area contributed by atoms with E-state index in [4.69, 9.17) is 16.3 Å². The summed E-state index contributed by atoms with van der Waals surface area (Å²) < 4.78 is 5.36. The summed E-state index contributed by atoms with van der Waals surface area (Å²) in [6.07, 6.45) is 0. The Balaban J connectivity index is 2.24. The number of anilines is 1. The Morgan fingerprint density at radius 3 is 3.00 bits per heavy atom. The van der Waals surface area contributed by atoms with Crippen LogP contribution in [0.5, 0.6) is 0 Å². The predicted octanol–water partition coefficient (Wildman–Crippen LogP) is 1.66. The Morgan fingerprint density at radius 2 is 2.33 bits per heavy atom. The van der Waals surface area contributed by atoms with Crippen LogP contribution in [0.1, 0.15) is 12.6 Å². The van der Waals surface area contributed by atoms with E-state index in [0.29, 0.717) is 11.1 Å². The lowest BCUT2D eigenvalue weighted by atomic mass is 10.2. The van der Waals surface area contributed by atoms with Gasteiger partial charge in [0.25, 0.3) is 0 Å². The van der Waals surface area contributed by atoms with E-state index in [-0.39, 0.29) is 0 Å². The van der Waals surface area contributed by atoms with E-state index in [1.807, 2.05) is 13.0 Å². The van der Waals surface area contributed by atoms with Crippen LogP contribution in [0, 0.1) is 6.92 Å². The number of morpholine rings is 1. The first kappa shape index (κ1) is 10.6. The zero-order valence-electron chi connectivity index (χ0n) is 8.90. The molecule has 0 saturated carbocycles. The number of halogens is 1. The molecule has 2 rings (SSSR count). The predicted molar refractivity (Wildman–Crippen MR) is 59.4 cm³/mol. The smallest absolute Gasteiger partial charge is 0.153 e. The van der Waals surface area contributed by atoms with Gasteiger partial charge in [-0.3, -0.25) is 0 Å². The van der Waals surface area contributed by atoms with Crippen molar-refractivity contribution in [2.45, 2.75) is 19.9 Å². The van der Waals surface area contributed by atoms with Crippen molar-refractivity contribution in [3.8, 4) is 0 Å². The minimum absolute atomic E-state index is 0.326. The fourth-order valence-electron chi connectivity index (χ4n) is 1.63. The first-order valence-electron chi connectivity index (χ1n) is 5.02. The molecule has 0 aliphatic carbocycles. The van der Waals surface area contributed by atoms with Gasteiger partial charge in [-0.25, -0.2) is 0 Å². The van der Waals surface area contributed by atoms with Gasteiger partial charge in [-0.05, 0) is 13.8 Å². The molecule has 1 atom stereocenters. The molecule has 2 heterocycles. The molecule has 1 saturated heterocycles. The van der Waals surface area contributed by atoms with Crippen LogP contribution < -0.4 is 4.90 Å². The number of aromatic nitrogens is 2. The highest BCUT2D eigenvalue weighted by Gasteiger charge is 2.20. The molecule has 1 unspecified atom stereocenters. The molecule has 5 heteroatoms. The maximum atomic E-state index is 6.02. The summed E-state index contributed by atoms with van der Waals surface area (Å²) in [5.74, 6) is 0.835. The van der Waals surface area contributed by atoms with Crippen LogP contribution >= 0.6 is 11.6 Å². The van der Waals surface area contributed by atoms with Crippen molar-refractivity contribution in [3.05, 3.63) is 16.8 Å². The molecule has 1 aliphatic rings. The van der Waals surface area contributed by atoms with Crippen LogP contribution in [0.25, 0.3) is 0 Å². The average Bonchev–Trinajstić information content (AvgIpc) is 2.23. The standard InChI is InChI=1S/C10H14ClN3O/c1-7-6-15-4-3-14(7)10-5-9(11)8(2)12-13-10/h5,7H,3-4,6H2,1-2H3. The number of rotatable bonds is 1. The third-order valence-electron chi connectivity index (χ3n) is 2.57. The number of nitrogens with zero attached hydrogens (tertiary/aromatic N) is 3. The lowest BCUT2D eigenvalue weighted by Gasteiger charge is -2.33. The van der Waals surface area contributed by atoms with Crippen molar-refractivity contribution in [1.82, 2.24) is 10.2 Å². The normalized spacial score (nSPS) is 21.8. The van der Waals surface area contributed by atoms with Crippen molar-refractivity contribution in [1.29, 1.82) is 0 Å². The number of hydrogen-bond acceptors (Lipinski definition) is 4. The van der Waals surface area contributed by atoms with E-state index in [9.17, 15) is 0 Å². The Bertz CT molecular complexity index is 359. The maximum absolute atomic E-state index is 6.02. The molecule has 0 aromatic carbocycles. The summed E-state index contributed by atoms with van der Waals surface area (Å²) in [5.41, 5.74) is 0.765. The van der Waals surface area contributed by atoms with Crippen molar-refractivity contribution in [2.24, 2.45) is 0 Å². The van der Waals surface area contributed by atoms with E-state index >= 15 is 0 Å². The molecule has 82 valence electrons. The molecule has 0 spiro atoms. The molecule has 1 aromatic rings. The molecule has 1 fully saturated rings. The van der Waals surface area contributed by atoms with Crippen LogP contribution in [0.3, 0.4) is 0 Å². The van der Waals surface area contributed by atoms with Crippen LogP contribution in [0.4, 0.5) is 5.82 Å². The summed E-state index contributed by atoms with van der Waals surface area (Å²) in [7, 11) is 0. The minimum Gasteiger partial charge on any atom is -0.377 e. The molecule has 15 heavy (non-hydrogen) atoms. The second kappa shape index (κ2) is 4.33. The summed E-state index contributed by atoms with van der Waals surface area (Å²) >= 11 is 6.02. The Labute approximate surface area is 94.2 Å². The van der Waals surface area contributed by atoms with Crippen molar-refractivity contribution < 1.29 is 4.74 Å². The van der Waals surface area contributed by atoms with Gasteiger partial charge < -0.3 is 9.64 Å². The van der Waals surface area contributed by atoms with Gasteiger partial charge in [0.05, 0.1) is 30.0 Å². The minimum atomic E-state index is 0.326. The van der Waals surface area contributed by atoms with Crippen molar-refractivity contribution >= 4 is 17.4 Å². The van der Waals surface area contributed by atoms with Gasteiger partial charge in [0.2, 0.25) is 0 Å². The van der Waals surface area contributed by atoms with E-state index in [1.54, 1.807) is 0 Å². The lowest BCUT2D eigenvalue weighted by molar-refractivity contribution is 0.0984. The van der Waals surface area contributed by atoms with E-state index in [1.165, 1.54) is 0 Å². The summed E-state index contributed by atoms with van der Waals surface area (Å²) in [5, 5.41) is 8.84. The third-order valence-corrected chi connectivity index (χ3v) is 2.95. The number of ether oxygens (including phenoxy) is 1. The van der Waals surface area contributed by atoms with E-state index in [2.05, 4.69) is 22.0 Å². The molecule has 1 aliphatic heterocycles. The zero-order chi connectivity index (χ0) is 10.8.